The average molecular weight is 313 g/mol. The summed E-state index contributed by atoms with van der Waals surface area (Å²) in [4.78, 5) is 11.3. The molecular formula is C13H15NO4S2. The van der Waals surface area contributed by atoms with Crippen LogP contribution in [0.4, 0.5) is 0 Å². The minimum absolute atomic E-state index is 0.126. The zero-order valence-corrected chi connectivity index (χ0v) is 12.4. The molecule has 0 aromatic carbocycles. The fourth-order valence-electron chi connectivity index (χ4n) is 2.46. The van der Waals surface area contributed by atoms with E-state index in [1.165, 1.54) is 11.3 Å². The maximum absolute atomic E-state index is 12.8. The molecule has 1 fully saturated rings. The van der Waals surface area contributed by atoms with Crippen molar-refractivity contribution in [2.24, 2.45) is 0 Å². The Hall–Kier alpha value is -1.18. The van der Waals surface area contributed by atoms with Gasteiger partial charge in [-0.15, -0.1) is 11.3 Å². The van der Waals surface area contributed by atoms with Gasteiger partial charge in [0, 0.05) is 6.54 Å². The van der Waals surface area contributed by atoms with Gasteiger partial charge in [-0.3, -0.25) is 4.79 Å². The largest absolute Gasteiger partial charge is 0.480 e. The van der Waals surface area contributed by atoms with Gasteiger partial charge in [-0.05, 0) is 42.2 Å². The maximum atomic E-state index is 12.8. The molecule has 1 atom stereocenters. The number of hydrogen-bond acceptors (Lipinski definition) is 4. The summed E-state index contributed by atoms with van der Waals surface area (Å²) in [6.07, 6.45) is 5.68. The van der Waals surface area contributed by atoms with Crippen LogP contribution in [0.1, 0.15) is 30.7 Å². The van der Waals surface area contributed by atoms with E-state index in [1.54, 1.807) is 17.5 Å². The molecule has 2 heterocycles. The third-order valence-corrected chi connectivity index (χ3v) is 7.03. The second-order valence-electron chi connectivity index (χ2n) is 5.07. The molecule has 1 aromatic rings. The van der Waals surface area contributed by atoms with E-state index in [-0.39, 0.29) is 13.0 Å². The number of carboxylic acid groups (broad SMARTS) is 1. The second kappa shape index (κ2) is 4.98. The molecule has 0 bridgehead atoms. The van der Waals surface area contributed by atoms with E-state index in [0.29, 0.717) is 10.1 Å². The molecule has 108 valence electrons. The molecule has 1 aliphatic heterocycles. The fourth-order valence-corrected chi connectivity index (χ4v) is 5.64. The lowest BCUT2D eigenvalue weighted by Crippen LogP contribution is -2.46. The normalized spacial score (nSPS) is 23.9. The standard InChI is InChI=1S/C13H15NO4S2/c15-12(16)11-3-1-2-7-14(11)20(17,18)13-10(6-8-19-13)9-4-5-9/h1-2,6,8-9,11H,3-5,7H2,(H,15,16). The maximum Gasteiger partial charge on any atom is 0.322 e. The second-order valence-corrected chi connectivity index (χ2v) is 8.08. The smallest absolute Gasteiger partial charge is 0.322 e. The van der Waals surface area contributed by atoms with Gasteiger partial charge in [0.15, 0.2) is 0 Å². The molecule has 0 spiro atoms. The summed E-state index contributed by atoms with van der Waals surface area (Å²) in [7, 11) is -3.73. The van der Waals surface area contributed by atoms with E-state index in [9.17, 15) is 18.3 Å². The van der Waals surface area contributed by atoms with Crippen molar-refractivity contribution in [3.8, 4) is 0 Å². The lowest BCUT2D eigenvalue weighted by Gasteiger charge is -2.28. The van der Waals surface area contributed by atoms with Gasteiger partial charge in [-0.1, -0.05) is 12.2 Å². The van der Waals surface area contributed by atoms with Crippen molar-refractivity contribution >= 4 is 27.3 Å². The summed E-state index contributed by atoms with van der Waals surface area (Å²) in [6, 6.07) is 0.851. The van der Waals surface area contributed by atoms with Crippen molar-refractivity contribution < 1.29 is 18.3 Å². The molecule has 0 saturated heterocycles. The number of aliphatic carboxylic acids is 1. The van der Waals surface area contributed by atoms with Crippen molar-refractivity contribution in [1.82, 2.24) is 4.31 Å². The summed E-state index contributed by atoms with van der Waals surface area (Å²) in [5.74, 6) is -0.767. The van der Waals surface area contributed by atoms with Crippen LogP contribution in [-0.4, -0.2) is 36.4 Å². The zero-order valence-electron chi connectivity index (χ0n) is 10.7. The van der Waals surface area contributed by atoms with E-state index >= 15 is 0 Å². The Balaban J connectivity index is 2.00. The Morgan fingerprint density at radius 1 is 1.35 bits per heavy atom. The van der Waals surface area contributed by atoms with Crippen LogP contribution >= 0.6 is 11.3 Å². The van der Waals surface area contributed by atoms with Crippen molar-refractivity contribution in [1.29, 1.82) is 0 Å². The molecule has 2 aliphatic rings. The fraction of sp³-hybridized carbons (Fsp3) is 0.462. The van der Waals surface area contributed by atoms with Gasteiger partial charge in [0.25, 0.3) is 10.0 Å². The van der Waals surface area contributed by atoms with E-state index in [0.717, 1.165) is 22.7 Å². The number of hydrogen-bond donors (Lipinski definition) is 1. The highest BCUT2D eigenvalue weighted by atomic mass is 32.2. The van der Waals surface area contributed by atoms with Crippen LogP contribution in [0.25, 0.3) is 0 Å². The lowest BCUT2D eigenvalue weighted by molar-refractivity contribution is -0.141. The molecule has 1 aromatic heterocycles. The number of carboxylic acids is 1. The Bertz CT molecular complexity index is 658. The third kappa shape index (κ3) is 2.30. The average Bonchev–Trinajstić information content (AvgIpc) is 3.15. The number of nitrogens with zero attached hydrogens (tertiary/aromatic N) is 1. The Labute approximate surface area is 121 Å². The van der Waals surface area contributed by atoms with E-state index in [2.05, 4.69) is 0 Å². The van der Waals surface area contributed by atoms with E-state index in [4.69, 9.17) is 0 Å². The summed E-state index contributed by atoms with van der Waals surface area (Å²) in [5, 5.41) is 11.0. The van der Waals surface area contributed by atoms with Crippen molar-refractivity contribution in [3.05, 3.63) is 29.2 Å². The van der Waals surface area contributed by atoms with E-state index < -0.39 is 22.0 Å². The van der Waals surface area contributed by atoms with Gasteiger partial charge in [-0.25, -0.2) is 8.42 Å². The molecular weight excluding hydrogens is 298 g/mol. The molecule has 3 rings (SSSR count). The van der Waals surface area contributed by atoms with Crippen LogP contribution < -0.4 is 0 Å². The third-order valence-electron chi connectivity index (χ3n) is 3.66. The zero-order chi connectivity index (χ0) is 14.3. The number of thiophene rings is 1. The first-order valence-electron chi connectivity index (χ1n) is 6.49. The summed E-state index contributed by atoms with van der Waals surface area (Å²) in [6.45, 7) is 0.126. The van der Waals surface area contributed by atoms with Gasteiger partial charge in [0.2, 0.25) is 0 Å². The topological polar surface area (TPSA) is 74.7 Å². The first-order chi connectivity index (χ1) is 9.51. The monoisotopic (exact) mass is 313 g/mol. The molecule has 20 heavy (non-hydrogen) atoms. The van der Waals surface area contributed by atoms with Crippen LogP contribution in [0.15, 0.2) is 27.8 Å². The van der Waals surface area contributed by atoms with Crippen LogP contribution in [0, 0.1) is 0 Å². The van der Waals surface area contributed by atoms with Crippen molar-refractivity contribution in [2.45, 2.75) is 35.4 Å². The molecule has 1 N–H and O–H groups in total. The molecule has 5 nitrogen and oxygen atoms in total. The first-order valence-corrected chi connectivity index (χ1v) is 8.81. The van der Waals surface area contributed by atoms with Crippen molar-refractivity contribution in [2.75, 3.05) is 6.54 Å². The quantitative estimate of drug-likeness (QED) is 0.863. The highest BCUT2D eigenvalue weighted by molar-refractivity contribution is 7.91. The summed E-state index contributed by atoms with van der Waals surface area (Å²) < 4.78 is 26.9. The predicted molar refractivity (Wildman–Crippen MR) is 75.4 cm³/mol. The minimum Gasteiger partial charge on any atom is -0.480 e. The minimum atomic E-state index is -3.73. The summed E-state index contributed by atoms with van der Waals surface area (Å²) in [5.41, 5.74) is 0.855. The van der Waals surface area contributed by atoms with Gasteiger partial charge >= 0.3 is 5.97 Å². The first kappa shape index (κ1) is 13.8. The van der Waals surface area contributed by atoms with Crippen molar-refractivity contribution in [3.63, 3.8) is 0 Å². The van der Waals surface area contributed by atoms with Gasteiger partial charge in [-0.2, -0.15) is 4.31 Å². The Kier molecular flexibility index (Phi) is 3.43. The molecule has 7 heteroatoms. The van der Waals surface area contributed by atoms with Gasteiger partial charge < -0.3 is 5.11 Å². The molecule has 1 aliphatic carbocycles. The molecule has 0 radical (unpaired) electrons. The number of rotatable bonds is 4. The SMILES string of the molecule is O=C(O)C1CC=CCN1S(=O)(=O)c1sccc1C1CC1. The van der Waals surface area contributed by atoms with Crippen LogP contribution in [0.2, 0.25) is 0 Å². The Morgan fingerprint density at radius 3 is 2.75 bits per heavy atom. The molecule has 0 amide bonds. The number of carbonyl (C=O) groups is 1. The highest BCUT2D eigenvalue weighted by Gasteiger charge is 2.40. The Morgan fingerprint density at radius 2 is 2.10 bits per heavy atom. The molecule has 1 saturated carbocycles. The van der Waals surface area contributed by atoms with E-state index in [1.807, 2.05) is 6.07 Å². The highest BCUT2D eigenvalue weighted by Crippen LogP contribution is 2.45. The van der Waals surface area contributed by atoms with Crippen LogP contribution in [0.3, 0.4) is 0 Å². The van der Waals surface area contributed by atoms with Gasteiger partial charge in [0.1, 0.15) is 10.3 Å². The van der Waals surface area contributed by atoms with Crippen LogP contribution in [0.5, 0.6) is 0 Å². The number of sulfonamides is 1. The molecule has 1 unspecified atom stereocenters. The van der Waals surface area contributed by atoms with Crippen LogP contribution in [-0.2, 0) is 14.8 Å². The van der Waals surface area contributed by atoms with Gasteiger partial charge in [0.05, 0.1) is 0 Å². The summed E-state index contributed by atoms with van der Waals surface area (Å²) >= 11 is 1.19. The lowest BCUT2D eigenvalue weighted by atomic mass is 10.1. The predicted octanol–water partition coefficient (Wildman–Crippen LogP) is 2.03.